The van der Waals surface area contributed by atoms with Gasteiger partial charge in [0.1, 0.15) is 10.7 Å². The number of aromatic nitrogens is 1. The maximum atomic E-state index is 12.8. The van der Waals surface area contributed by atoms with Gasteiger partial charge in [-0.1, -0.05) is 24.3 Å². The third kappa shape index (κ3) is 3.67. The number of amides is 1. The van der Waals surface area contributed by atoms with Crippen molar-refractivity contribution < 1.29 is 19.4 Å². The zero-order valence-electron chi connectivity index (χ0n) is 16.6. The highest BCUT2D eigenvalue weighted by Crippen LogP contribution is 2.33. The molecule has 4 rings (SSSR count). The van der Waals surface area contributed by atoms with E-state index in [0.29, 0.717) is 5.69 Å². The molecule has 1 amide bonds. The first-order valence-corrected chi connectivity index (χ1v) is 10.3. The molecule has 0 bridgehead atoms. The third-order valence-corrected chi connectivity index (χ3v) is 6.08. The molecule has 0 unspecified atom stereocenters. The Morgan fingerprint density at radius 1 is 1.30 bits per heavy atom. The van der Waals surface area contributed by atoms with E-state index in [0.717, 1.165) is 26.4 Å². The van der Waals surface area contributed by atoms with Crippen LogP contribution < -0.4 is 5.32 Å². The number of esters is 1. The summed E-state index contributed by atoms with van der Waals surface area (Å²) in [5.74, 6) is -0.902. The highest BCUT2D eigenvalue weighted by atomic mass is 32.1. The monoisotopic (exact) mass is 423 g/mol. The molecule has 0 saturated carbocycles. The van der Waals surface area contributed by atoms with E-state index in [1.807, 2.05) is 49.4 Å². The zero-order chi connectivity index (χ0) is 21.3. The number of para-hydroxylation sites is 1. The van der Waals surface area contributed by atoms with E-state index in [2.05, 4.69) is 5.32 Å². The van der Waals surface area contributed by atoms with Crippen molar-refractivity contribution in [2.24, 2.45) is 0 Å². The number of carbonyl (C=O) groups excluding carboxylic acids is 2. The number of benzene rings is 2. The van der Waals surface area contributed by atoms with Crippen LogP contribution in [0.2, 0.25) is 0 Å². The van der Waals surface area contributed by atoms with E-state index in [4.69, 9.17) is 9.72 Å². The van der Waals surface area contributed by atoms with Gasteiger partial charge in [0.2, 0.25) is 0 Å². The molecule has 1 aromatic heterocycles. The number of nitrogens with one attached hydrogen (secondary N) is 1. The second-order valence-electron chi connectivity index (χ2n) is 6.94. The van der Waals surface area contributed by atoms with Gasteiger partial charge in [0.25, 0.3) is 5.91 Å². The first-order valence-electron chi connectivity index (χ1n) is 9.47. The van der Waals surface area contributed by atoms with Gasteiger partial charge in [-0.05, 0) is 30.7 Å². The Morgan fingerprint density at radius 2 is 2.10 bits per heavy atom. The van der Waals surface area contributed by atoms with Crippen LogP contribution in [0.5, 0.6) is 0 Å². The molecule has 30 heavy (non-hydrogen) atoms. The summed E-state index contributed by atoms with van der Waals surface area (Å²) >= 11 is 1.60. The zero-order valence-corrected chi connectivity index (χ0v) is 17.5. The number of carbonyl (C=O) groups is 2. The lowest BCUT2D eigenvalue weighted by atomic mass is 10.1. The molecular formula is C22H21N3O4S. The SMILES string of the molecule is COC(=O)C1=C(Nc2cc(-c3nc4ccccc4s3)ccc2C)C(=O)N(CCO)C1. The van der Waals surface area contributed by atoms with Gasteiger partial charge in [0.05, 0.1) is 36.1 Å². The number of nitrogens with zero attached hydrogens (tertiary/aromatic N) is 2. The minimum absolute atomic E-state index is 0.102. The normalized spacial score (nSPS) is 14.0. The molecular weight excluding hydrogens is 402 g/mol. The molecule has 0 atom stereocenters. The van der Waals surface area contributed by atoms with E-state index < -0.39 is 5.97 Å². The largest absolute Gasteiger partial charge is 0.466 e. The smallest absolute Gasteiger partial charge is 0.337 e. The summed E-state index contributed by atoms with van der Waals surface area (Å²) in [6.07, 6.45) is 0. The fraction of sp³-hybridized carbons (Fsp3) is 0.227. The van der Waals surface area contributed by atoms with Crippen LogP contribution >= 0.6 is 11.3 Å². The first kappa shape index (κ1) is 20.1. The molecule has 0 radical (unpaired) electrons. The van der Waals surface area contributed by atoms with Gasteiger partial charge < -0.3 is 20.1 Å². The van der Waals surface area contributed by atoms with Crippen molar-refractivity contribution >= 4 is 39.1 Å². The Bertz CT molecular complexity index is 1140. The summed E-state index contributed by atoms with van der Waals surface area (Å²) in [7, 11) is 1.28. The summed E-state index contributed by atoms with van der Waals surface area (Å²) in [6, 6.07) is 13.8. The van der Waals surface area contributed by atoms with E-state index >= 15 is 0 Å². The average molecular weight is 423 g/mol. The average Bonchev–Trinajstić information content (AvgIpc) is 3.32. The van der Waals surface area contributed by atoms with Crippen LogP contribution in [0.15, 0.2) is 53.7 Å². The molecule has 7 nitrogen and oxygen atoms in total. The minimum atomic E-state index is -0.564. The molecule has 3 aromatic rings. The summed E-state index contributed by atoms with van der Waals surface area (Å²) in [4.78, 5) is 31.1. The topological polar surface area (TPSA) is 91.8 Å². The molecule has 8 heteroatoms. The van der Waals surface area contributed by atoms with E-state index in [9.17, 15) is 14.7 Å². The number of rotatable bonds is 6. The third-order valence-electron chi connectivity index (χ3n) is 4.99. The number of fused-ring (bicyclic) bond motifs is 1. The molecule has 0 spiro atoms. The number of methoxy groups -OCH3 is 1. The number of aliphatic hydroxyl groups is 1. The van der Waals surface area contributed by atoms with Crippen molar-refractivity contribution in [3.63, 3.8) is 0 Å². The molecule has 2 heterocycles. The van der Waals surface area contributed by atoms with Gasteiger partial charge in [-0.2, -0.15) is 0 Å². The number of aryl methyl sites for hydroxylation is 1. The van der Waals surface area contributed by atoms with Crippen molar-refractivity contribution in [3.8, 4) is 10.6 Å². The fourth-order valence-electron chi connectivity index (χ4n) is 3.37. The molecule has 1 aliphatic rings. The number of β-amino-alcohol motifs (C(OH)–C–C–N with tert-alkyl or cyclic N) is 1. The van der Waals surface area contributed by atoms with Crippen molar-refractivity contribution in [2.75, 3.05) is 32.1 Å². The quantitative estimate of drug-likeness (QED) is 0.593. The molecule has 0 aliphatic carbocycles. The van der Waals surface area contributed by atoms with Gasteiger partial charge in [-0.3, -0.25) is 4.79 Å². The summed E-state index contributed by atoms with van der Waals surface area (Å²) in [5.41, 5.74) is 3.92. The van der Waals surface area contributed by atoms with Gasteiger partial charge in [-0.25, -0.2) is 9.78 Å². The van der Waals surface area contributed by atoms with Crippen LogP contribution in [-0.2, 0) is 14.3 Å². The maximum Gasteiger partial charge on any atom is 0.337 e. The van der Waals surface area contributed by atoms with Gasteiger partial charge in [-0.15, -0.1) is 11.3 Å². The van der Waals surface area contributed by atoms with E-state index in [1.165, 1.54) is 12.0 Å². The Balaban J connectivity index is 1.70. The molecule has 0 fully saturated rings. The number of hydrogen-bond donors (Lipinski definition) is 2. The molecule has 0 saturated heterocycles. The lowest BCUT2D eigenvalue weighted by molar-refractivity contribution is -0.136. The van der Waals surface area contributed by atoms with Crippen LogP contribution in [0.1, 0.15) is 5.56 Å². The number of thiazole rings is 1. The Labute approximate surface area is 177 Å². The minimum Gasteiger partial charge on any atom is -0.466 e. The molecule has 2 aromatic carbocycles. The van der Waals surface area contributed by atoms with Gasteiger partial charge >= 0.3 is 5.97 Å². The second kappa shape index (κ2) is 8.25. The number of aliphatic hydroxyl groups excluding tert-OH is 1. The number of ether oxygens (including phenoxy) is 1. The highest BCUT2D eigenvalue weighted by molar-refractivity contribution is 7.21. The Morgan fingerprint density at radius 3 is 2.83 bits per heavy atom. The molecule has 1 aliphatic heterocycles. The Hall–Kier alpha value is -3.23. The maximum absolute atomic E-state index is 12.8. The van der Waals surface area contributed by atoms with Crippen LogP contribution in [0.4, 0.5) is 5.69 Å². The van der Waals surface area contributed by atoms with Crippen LogP contribution in [0.3, 0.4) is 0 Å². The van der Waals surface area contributed by atoms with Crippen molar-refractivity contribution in [3.05, 3.63) is 59.3 Å². The van der Waals surface area contributed by atoms with Crippen LogP contribution in [-0.4, -0.2) is 53.7 Å². The summed E-state index contributed by atoms with van der Waals surface area (Å²) < 4.78 is 5.95. The van der Waals surface area contributed by atoms with Crippen molar-refractivity contribution in [1.29, 1.82) is 0 Å². The molecule has 2 N–H and O–H groups in total. The Kier molecular flexibility index (Phi) is 5.52. The molecule has 154 valence electrons. The number of hydrogen-bond acceptors (Lipinski definition) is 7. The highest BCUT2D eigenvalue weighted by Gasteiger charge is 2.34. The predicted molar refractivity (Wildman–Crippen MR) is 116 cm³/mol. The lowest BCUT2D eigenvalue weighted by Gasteiger charge is -2.16. The lowest BCUT2D eigenvalue weighted by Crippen LogP contribution is -2.31. The van der Waals surface area contributed by atoms with Crippen molar-refractivity contribution in [1.82, 2.24) is 9.88 Å². The summed E-state index contributed by atoms with van der Waals surface area (Å²) in [6.45, 7) is 1.99. The second-order valence-corrected chi connectivity index (χ2v) is 7.97. The summed E-state index contributed by atoms with van der Waals surface area (Å²) in [5, 5.41) is 13.2. The van der Waals surface area contributed by atoms with Gasteiger partial charge in [0.15, 0.2) is 0 Å². The van der Waals surface area contributed by atoms with Crippen LogP contribution in [0.25, 0.3) is 20.8 Å². The standard InChI is InChI=1S/C22H21N3O4S/c1-13-7-8-14(20-24-16-5-3-4-6-18(16)30-20)11-17(13)23-19-15(22(28)29-2)12-25(9-10-26)21(19)27/h3-8,11,23,26H,9-10,12H2,1-2H3. The van der Waals surface area contributed by atoms with E-state index in [-0.39, 0.29) is 36.9 Å². The fourth-order valence-corrected chi connectivity index (χ4v) is 4.33. The first-order chi connectivity index (χ1) is 14.5. The number of anilines is 1. The van der Waals surface area contributed by atoms with E-state index in [1.54, 1.807) is 11.3 Å². The predicted octanol–water partition coefficient (Wildman–Crippen LogP) is 2.95. The van der Waals surface area contributed by atoms with Crippen LogP contribution in [0, 0.1) is 6.92 Å². The van der Waals surface area contributed by atoms with Gasteiger partial charge in [0, 0.05) is 17.8 Å². The van der Waals surface area contributed by atoms with Crippen molar-refractivity contribution in [2.45, 2.75) is 6.92 Å².